The minimum absolute atomic E-state index is 0.0245. The Balaban J connectivity index is 3.63. The van der Waals surface area contributed by atoms with Crippen molar-refractivity contribution in [3.05, 3.63) is 0 Å². The third-order valence-electron chi connectivity index (χ3n) is 1.43. The highest BCUT2D eigenvalue weighted by atomic mass is 16.5. The molecule has 0 aromatic rings. The van der Waals surface area contributed by atoms with Crippen LogP contribution in [0.25, 0.3) is 0 Å². The highest BCUT2D eigenvalue weighted by Crippen LogP contribution is 2.12. The van der Waals surface area contributed by atoms with E-state index in [9.17, 15) is 0 Å². The van der Waals surface area contributed by atoms with Crippen LogP contribution < -0.4 is 0 Å². The van der Waals surface area contributed by atoms with Crippen LogP contribution in [0, 0.1) is 0 Å². The SMILES string of the molecule is CCB(CC)OC(C)(C)C. The fourth-order valence-corrected chi connectivity index (χ4v) is 0.955. The lowest BCUT2D eigenvalue weighted by Crippen LogP contribution is -2.29. The van der Waals surface area contributed by atoms with Gasteiger partial charge in [0.1, 0.15) is 0 Å². The summed E-state index contributed by atoms with van der Waals surface area (Å²) in [6.45, 7) is 11.1. The van der Waals surface area contributed by atoms with Crippen LogP contribution in [-0.2, 0) is 4.65 Å². The standard InChI is InChI=1S/C8H19BO/c1-6-9(7-2)10-8(3,4)5/h6-7H2,1-5H3. The fourth-order valence-electron chi connectivity index (χ4n) is 0.955. The molecule has 0 aliphatic carbocycles. The summed E-state index contributed by atoms with van der Waals surface area (Å²) in [5.41, 5.74) is 0.0245. The Kier molecular flexibility index (Phi) is 4.03. The Bertz CT molecular complexity index is 81.7. The average molecular weight is 142 g/mol. The first-order valence-electron chi connectivity index (χ1n) is 4.17. The van der Waals surface area contributed by atoms with E-state index in [-0.39, 0.29) is 5.60 Å². The Hall–Kier alpha value is 0.0249. The molecule has 0 saturated heterocycles. The highest BCUT2D eigenvalue weighted by Gasteiger charge is 2.18. The van der Waals surface area contributed by atoms with Crippen molar-refractivity contribution in [2.75, 3.05) is 0 Å². The largest absolute Gasteiger partial charge is 0.432 e. The van der Waals surface area contributed by atoms with Gasteiger partial charge in [-0.05, 0) is 20.8 Å². The monoisotopic (exact) mass is 142 g/mol. The Morgan fingerprint density at radius 1 is 1.10 bits per heavy atom. The van der Waals surface area contributed by atoms with Crippen molar-refractivity contribution >= 4 is 6.92 Å². The van der Waals surface area contributed by atoms with E-state index in [1.165, 1.54) is 0 Å². The first kappa shape index (κ1) is 10.0. The van der Waals surface area contributed by atoms with E-state index < -0.39 is 0 Å². The van der Waals surface area contributed by atoms with Crippen LogP contribution in [0.4, 0.5) is 0 Å². The Labute approximate surface area is 65.3 Å². The van der Waals surface area contributed by atoms with Crippen LogP contribution in [0.5, 0.6) is 0 Å². The lowest BCUT2D eigenvalue weighted by atomic mass is 9.62. The predicted octanol–water partition coefficient (Wildman–Crippen LogP) is 2.83. The van der Waals surface area contributed by atoms with Crippen LogP contribution in [0.2, 0.25) is 12.6 Å². The third-order valence-corrected chi connectivity index (χ3v) is 1.43. The van der Waals surface area contributed by atoms with Gasteiger partial charge in [-0.3, -0.25) is 0 Å². The van der Waals surface area contributed by atoms with Gasteiger partial charge in [0.25, 0.3) is 6.92 Å². The maximum Gasteiger partial charge on any atom is 0.293 e. The smallest absolute Gasteiger partial charge is 0.293 e. The molecule has 0 rings (SSSR count). The van der Waals surface area contributed by atoms with Gasteiger partial charge in [0, 0.05) is 5.60 Å². The zero-order valence-electron chi connectivity index (χ0n) is 7.90. The van der Waals surface area contributed by atoms with Crippen LogP contribution in [0.1, 0.15) is 34.6 Å². The molecule has 60 valence electrons. The van der Waals surface area contributed by atoms with E-state index in [4.69, 9.17) is 4.65 Å². The lowest BCUT2D eigenvalue weighted by molar-refractivity contribution is 0.128. The van der Waals surface area contributed by atoms with Gasteiger partial charge in [0.15, 0.2) is 0 Å². The Morgan fingerprint density at radius 2 is 1.50 bits per heavy atom. The zero-order valence-corrected chi connectivity index (χ0v) is 7.90. The van der Waals surface area contributed by atoms with E-state index in [1.54, 1.807) is 0 Å². The van der Waals surface area contributed by atoms with Crippen LogP contribution in [-0.4, -0.2) is 12.5 Å². The summed E-state index contributed by atoms with van der Waals surface area (Å²) in [7, 11) is 0. The normalized spacial score (nSPS) is 11.7. The molecular formula is C8H19BO. The molecule has 0 amide bonds. The molecule has 1 nitrogen and oxygen atoms in total. The van der Waals surface area contributed by atoms with E-state index in [0.29, 0.717) is 6.92 Å². The van der Waals surface area contributed by atoms with Crippen molar-refractivity contribution in [3.63, 3.8) is 0 Å². The molecule has 10 heavy (non-hydrogen) atoms. The van der Waals surface area contributed by atoms with Crippen molar-refractivity contribution in [1.82, 2.24) is 0 Å². The van der Waals surface area contributed by atoms with E-state index in [2.05, 4.69) is 34.6 Å². The van der Waals surface area contributed by atoms with Gasteiger partial charge in [-0.15, -0.1) is 0 Å². The Morgan fingerprint density at radius 3 is 1.60 bits per heavy atom. The van der Waals surface area contributed by atoms with Crippen molar-refractivity contribution in [1.29, 1.82) is 0 Å². The first-order chi connectivity index (χ1) is 4.49. The van der Waals surface area contributed by atoms with Crippen LogP contribution in [0.15, 0.2) is 0 Å². The molecule has 0 heterocycles. The minimum Gasteiger partial charge on any atom is -0.432 e. The number of rotatable bonds is 3. The summed E-state index contributed by atoms with van der Waals surface area (Å²) in [5.74, 6) is 0. The zero-order chi connectivity index (χ0) is 8.20. The predicted molar refractivity (Wildman–Crippen MR) is 47.6 cm³/mol. The molecule has 0 N–H and O–H groups in total. The molecule has 0 radical (unpaired) electrons. The molecule has 0 fully saturated rings. The second kappa shape index (κ2) is 4.02. The highest BCUT2D eigenvalue weighted by molar-refractivity contribution is 6.51. The minimum atomic E-state index is 0.0245. The molecule has 0 spiro atoms. The summed E-state index contributed by atoms with van der Waals surface area (Å²) >= 11 is 0. The van der Waals surface area contributed by atoms with Crippen molar-refractivity contribution in [3.8, 4) is 0 Å². The molecule has 0 aromatic carbocycles. The molecule has 0 atom stereocenters. The van der Waals surface area contributed by atoms with Gasteiger partial charge >= 0.3 is 0 Å². The van der Waals surface area contributed by atoms with Crippen LogP contribution >= 0.6 is 0 Å². The summed E-state index contributed by atoms with van der Waals surface area (Å²) in [6.07, 6.45) is 2.24. The molecule has 0 aromatic heterocycles. The summed E-state index contributed by atoms with van der Waals surface area (Å²) in [5, 5.41) is 0. The maximum atomic E-state index is 5.74. The van der Waals surface area contributed by atoms with Crippen molar-refractivity contribution in [2.45, 2.75) is 52.9 Å². The van der Waals surface area contributed by atoms with E-state index in [0.717, 1.165) is 12.6 Å². The molecule has 0 bridgehead atoms. The first-order valence-corrected chi connectivity index (χ1v) is 4.17. The van der Waals surface area contributed by atoms with Gasteiger partial charge in [-0.1, -0.05) is 26.5 Å². The van der Waals surface area contributed by atoms with Gasteiger partial charge in [0.2, 0.25) is 0 Å². The molecular weight excluding hydrogens is 123 g/mol. The van der Waals surface area contributed by atoms with Crippen molar-refractivity contribution in [2.24, 2.45) is 0 Å². The number of hydrogen-bond donors (Lipinski definition) is 0. The molecule has 2 heteroatoms. The molecule has 0 aliphatic heterocycles. The van der Waals surface area contributed by atoms with Gasteiger partial charge in [0.05, 0.1) is 0 Å². The lowest BCUT2D eigenvalue weighted by Gasteiger charge is -2.24. The molecule has 0 saturated carbocycles. The average Bonchev–Trinajstić information content (AvgIpc) is 1.81. The quantitative estimate of drug-likeness (QED) is 0.550. The van der Waals surface area contributed by atoms with Gasteiger partial charge < -0.3 is 4.65 Å². The molecule has 0 unspecified atom stereocenters. The topological polar surface area (TPSA) is 9.23 Å². The maximum absolute atomic E-state index is 5.74. The second-order valence-corrected chi connectivity index (χ2v) is 3.67. The van der Waals surface area contributed by atoms with Crippen LogP contribution in [0.3, 0.4) is 0 Å². The van der Waals surface area contributed by atoms with E-state index >= 15 is 0 Å². The van der Waals surface area contributed by atoms with Crippen molar-refractivity contribution < 1.29 is 4.65 Å². The summed E-state index contributed by atoms with van der Waals surface area (Å²) in [4.78, 5) is 0. The second-order valence-electron chi connectivity index (χ2n) is 3.67. The van der Waals surface area contributed by atoms with Gasteiger partial charge in [-0.25, -0.2) is 0 Å². The third kappa shape index (κ3) is 4.86. The number of hydrogen-bond acceptors (Lipinski definition) is 1. The molecule has 0 aliphatic rings. The van der Waals surface area contributed by atoms with Gasteiger partial charge in [-0.2, -0.15) is 0 Å². The summed E-state index contributed by atoms with van der Waals surface area (Å²) < 4.78 is 5.74. The van der Waals surface area contributed by atoms with E-state index in [1.807, 2.05) is 0 Å². The fraction of sp³-hybridized carbons (Fsp3) is 1.00. The summed E-state index contributed by atoms with van der Waals surface area (Å²) in [6, 6.07) is 0.